The van der Waals surface area contributed by atoms with Gasteiger partial charge in [0.25, 0.3) is 5.91 Å². The molecule has 0 spiro atoms. The first-order chi connectivity index (χ1) is 11.6. The normalized spacial score (nSPS) is 11.5. The molecule has 2 rings (SSSR count). The number of rotatable bonds is 7. The highest BCUT2D eigenvalue weighted by atomic mass is 16.5. The van der Waals surface area contributed by atoms with Crippen LogP contribution >= 0.6 is 0 Å². The zero-order valence-electron chi connectivity index (χ0n) is 14.5. The zero-order chi connectivity index (χ0) is 17.5. The number of benzene rings is 2. The lowest BCUT2D eigenvalue weighted by molar-refractivity contribution is 0.0935. The second-order valence-electron chi connectivity index (χ2n) is 5.28. The van der Waals surface area contributed by atoms with E-state index in [0.29, 0.717) is 17.1 Å². The number of methoxy groups -OCH3 is 3. The molecule has 24 heavy (non-hydrogen) atoms. The molecule has 0 bridgehead atoms. The maximum Gasteiger partial charge on any atom is 0.251 e. The molecule has 0 aliphatic rings. The predicted octanol–water partition coefficient (Wildman–Crippen LogP) is 3.59. The van der Waals surface area contributed by atoms with Gasteiger partial charge in [0.05, 0.1) is 27.4 Å². The van der Waals surface area contributed by atoms with Crippen LogP contribution in [0.5, 0.6) is 17.2 Å². The zero-order valence-corrected chi connectivity index (χ0v) is 14.5. The van der Waals surface area contributed by atoms with Gasteiger partial charge < -0.3 is 19.5 Å². The minimum atomic E-state index is -0.154. The van der Waals surface area contributed by atoms with Gasteiger partial charge in [-0.15, -0.1) is 0 Å². The lowest BCUT2D eigenvalue weighted by Gasteiger charge is -2.18. The fourth-order valence-electron chi connectivity index (χ4n) is 2.48. The summed E-state index contributed by atoms with van der Waals surface area (Å²) in [6.07, 6.45) is 0.783. The van der Waals surface area contributed by atoms with Gasteiger partial charge in [-0.1, -0.05) is 19.1 Å². The van der Waals surface area contributed by atoms with Gasteiger partial charge in [-0.2, -0.15) is 0 Å². The minimum absolute atomic E-state index is 0.0727. The van der Waals surface area contributed by atoms with Crippen LogP contribution in [0.3, 0.4) is 0 Å². The number of hydrogen-bond acceptors (Lipinski definition) is 4. The van der Waals surface area contributed by atoms with E-state index in [9.17, 15) is 4.79 Å². The van der Waals surface area contributed by atoms with Crippen LogP contribution in [-0.2, 0) is 0 Å². The number of carbonyl (C=O) groups excluding carboxylic acids is 1. The molecule has 5 nitrogen and oxygen atoms in total. The number of amides is 1. The SMILES string of the molecule is CC[C@H](NC(=O)c1ccc(OC)c(OC)c1)c1ccc(OC)cc1. The first-order valence-electron chi connectivity index (χ1n) is 7.79. The molecule has 0 aromatic heterocycles. The third-order valence-electron chi connectivity index (χ3n) is 3.88. The van der Waals surface area contributed by atoms with E-state index >= 15 is 0 Å². The largest absolute Gasteiger partial charge is 0.497 e. The lowest BCUT2D eigenvalue weighted by atomic mass is 10.0. The van der Waals surface area contributed by atoms with E-state index in [4.69, 9.17) is 14.2 Å². The summed E-state index contributed by atoms with van der Waals surface area (Å²) in [5.74, 6) is 1.76. The highest BCUT2D eigenvalue weighted by molar-refractivity contribution is 5.95. The number of carbonyl (C=O) groups is 1. The van der Waals surface area contributed by atoms with E-state index in [1.807, 2.05) is 31.2 Å². The van der Waals surface area contributed by atoms with Gasteiger partial charge in [-0.05, 0) is 42.3 Å². The van der Waals surface area contributed by atoms with Crippen LogP contribution in [0.1, 0.15) is 35.3 Å². The fourth-order valence-corrected chi connectivity index (χ4v) is 2.48. The summed E-state index contributed by atoms with van der Waals surface area (Å²) in [7, 11) is 4.74. The van der Waals surface area contributed by atoms with Crippen molar-refractivity contribution in [3.63, 3.8) is 0 Å². The van der Waals surface area contributed by atoms with Crippen LogP contribution in [-0.4, -0.2) is 27.2 Å². The number of ether oxygens (including phenoxy) is 3. The summed E-state index contributed by atoms with van der Waals surface area (Å²) in [5, 5.41) is 3.05. The Bertz CT molecular complexity index is 682. The van der Waals surface area contributed by atoms with Gasteiger partial charge in [-0.25, -0.2) is 0 Å². The average Bonchev–Trinajstić information content (AvgIpc) is 2.65. The maximum atomic E-state index is 12.5. The van der Waals surface area contributed by atoms with Crippen molar-refractivity contribution in [3.8, 4) is 17.2 Å². The Balaban J connectivity index is 2.16. The monoisotopic (exact) mass is 329 g/mol. The predicted molar refractivity (Wildman–Crippen MR) is 93.0 cm³/mol. The smallest absolute Gasteiger partial charge is 0.251 e. The van der Waals surface area contributed by atoms with Crippen LogP contribution in [0, 0.1) is 0 Å². The van der Waals surface area contributed by atoms with E-state index in [1.165, 1.54) is 0 Å². The van der Waals surface area contributed by atoms with Gasteiger partial charge in [-0.3, -0.25) is 4.79 Å². The lowest BCUT2D eigenvalue weighted by Crippen LogP contribution is -2.28. The molecule has 0 saturated carbocycles. The first kappa shape index (κ1) is 17.7. The Labute approximate surface area is 142 Å². The standard InChI is InChI=1S/C19H23NO4/c1-5-16(13-6-9-15(22-2)10-7-13)20-19(21)14-8-11-17(23-3)18(12-14)24-4/h6-12,16H,5H2,1-4H3,(H,20,21)/t16-/m0/s1. The summed E-state index contributed by atoms with van der Waals surface area (Å²) in [5.41, 5.74) is 1.56. The van der Waals surface area contributed by atoms with Gasteiger partial charge >= 0.3 is 0 Å². The molecule has 1 N–H and O–H groups in total. The minimum Gasteiger partial charge on any atom is -0.497 e. The summed E-state index contributed by atoms with van der Waals surface area (Å²) in [6, 6.07) is 12.7. The van der Waals surface area contributed by atoms with Crippen LogP contribution in [0.4, 0.5) is 0 Å². The van der Waals surface area contributed by atoms with Gasteiger partial charge in [0.2, 0.25) is 0 Å². The van der Waals surface area contributed by atoms with E-state index in [0.717, 1.165) is 17.7 Å². The molecular formula is C19H23NO4. The molecule has 1 atom stereocenters. The van der Waals surface area contributed by atoms with Crippen LogP contribution in [0.25, 0.3) is 0 Å². The topological polar surface area (TPSA) is 56.8 Å². The van der Waals surface area contributed by atoms with E-state index in [-0.39, 0.29) is 11.9 Å². The second kappa shape index (κ2) is 8.24. The van der Waals surface area contributed by atoms with Crippen molar-refractivity contribution in [3.05, 3.63) is 53.6 Å². The molecule has 0 aliphatic carbocycles. The van der Waals surface area contributed by atoms with Crippen molar-refractivity contribution in [2.45, 2.75) is 19.4 Å². The van der Waals surface area contributed by atoms with E-state index in [1.54, 1.807) is 39.5 Å². The molecule has 0 saturated heterocycles. The Morgan fingerprint density at radius 1 is 0.958 bits per heavy atom. The van der Waals surface area contributed by atoms with Gasteiger partial charge in [0.1, 0.15) is 5.75 Å². The highest BCUT2D eigenvalue weighted by Crippen LogP contribution is 2.28. The van der Waals surface area contributed by atoms with Gasteiger partial charge in [0, 0.05) is 5.56 Å². The highest BCUT2D eigenvalue weighted by Gasteiger charge is 2.16. The Morgan fingerprint density at radius 3 is 2.17 bits per heavy atom. The summed E-state index contributed by atoms with van der Waals surface area (Å²) in [6.45, 7) is 2.03. The molecule has 0 fully saturated rings. The van der Waals surface area contributed by atoms with Crippen LogP contribution in [0.2, 0.25) is 0 Å². The molecule has 0 radical (unpaired) electrons. The quantitative estimate of drug-likeness (QED) is 0.843. The van der Waals surface area contributed by atoms with Crippen LogP contribution < -0.4 is 19.5 Å². The molecule has 1 amide bonds. The van der Waals surface area contributed by atoms with Crippen molar-refractivity contribution < 1.29 is 19.0 Å². The molecule has 0 unspecified atom stereocenters. The molecule has 0 aliphatic heterocycles. The number of nitrogens with one attached hydrogen (secondary N) is 1. The molecule has 2 aromatic rings. The summed E-state index contributed by atoms with van der Waals surface area (Å²) >= 11 is 0. The molecule has 128 valence electrons. The third-order valence-corrected chi connectivity index (χ3v) is 3.88. The van der Waals surface area contributed by atoms with Crippen molar-refractivity contribution in [2.24, 2.45) is 0 Å². The maximum absolute atomic E-state index is 12.5. The van der Waals surface area contributed by atoms with E-state index < -0.39 is 0 Å². The van der Waals surface area contributed by atoms with Crippen molar-refractivity contribution in [2.75, 3.05) is 21.3 Å². The molecule has 2 aromatic carbocycles. The molecule has 0 heterocycles. The van der Waals surface area contributed by atoms with Crippen LogP contribution in [0.15, 0.2) is 42.5 Å². The molecular weight excluding hydrogens is 306 g/mol. The fraction of sp³-hybridized carbons (Fsp3) is 0.316. The van der Waals surface area contributed by atoms with Gasteiger partial charge in [0.15, 0.2) is 11.5 Å². The van der Waals surface area contributed by atoms with Crippen molar-refractivity contribution in [1.29, 1.82) is 0 Å². The molecule has 5 heteroatoms. The summed E-state index contributed by atoms with van der Waals surface area (Å²) < 4.78 is 15.6. The third kappa shape index (κ3) is 3.98. The Morgan fingerprint density at radius 2 is 1.62 bits per heavy atom. The average molecular weight is 329 g/mol. The first-order valence-corrected chi connectivity index (χ1v) is 7.79. The number of hydrogen-bond donors (Lipinski definition) is 1. The summed E-state index contributed by atoms with van der Waals surface area (Å²) in [4.78, 5) is 12.5. The van der Waals surface area contributed by atoms with Crippen molar-refractivity contribution in [1.82, 2.24) is 5.32 Å². The van der Waals surface area contributed by atoms with Crippen molar-refractivity contribution >= 4 is 5.91 Å². The van der Waals surface area contributed by atoms with E-state index in [2.05, 4.69) is 5.32 Å². The Hall–Kier alpha value is -2.69. The second-order valence-corrected chi connectivity index (χ2v) is 5.28. The Kier molecular flexibility index (Phi) is 6.07.